The quantitative estimate of drug-likeness (QED) is 0.611. The lowest BCUT2D eigenvalue weighted by molar-refractivity contribution is 0.106. The van der Waals surface area contributed by atoms with Crippen LogP contribution in [0.3, 0.4) is 0 Å². The van der Waals surface area contributed by atoms with Crippen molar-refractivity contribution >= 4 is 11.4 Å². The number of nitrogens with two attached hydrogens (primary N) is 2. The number of aryl methyl sites for hydroxylation is 1. The van der Waals surface area contributed by atoms with Crippen LogP contribution in [0.25, 0.3) is 0 Å². The molecule has 1 aromatic carbocycles. The Morgan fingerprint density at radius 3 is 2.79 bits per heavy atom. The van der Waals surface area contributed by atoms with E-state index in [0.29, 0.717) is 29.5 Å². The van der Waals surface area contributed by atoms with Crippen LogP contribution in [0.1, 0.15) is 12.5 Å². The molecule has 4 N–H and O–H groups in total. The summed E-state index contributed by atoms with van der Waals surface area (Å²) in [6.07, 6.45) is 0.0203. The summed E-state index contributed by atoms with van der Waals surface area (Å²) in [5.74, 6) is 1.16. The van der Waals surface area contributed by atoms with Crippen LogP contribution in [0.2, 0.25) is 0 Å². The molecule has 1 unspecified atom stereocenters. The number of rotatable bonds is 0. The van der Waals surface area contributed by atoms with Crippen molar-refractivity contribution in [3.05, 3.63) is 11.6 Å². The molecular weight excluding hydrogens is 180 g/mol. The van der Waals surface area contributed by atoms with Crippen LogP contribution in [0.4, 0.5) is 11.4 Å². The molecule has 2 rings (SSSR count). The number of fused-ring (bicyclic) bond motifs is 1. The Balaban J connectivity index is 2.57. The van der Waals surface area contributed by atoms with E-state index >= 15 is 0 Å². The molecule has 0 fully saturated rings. The molecule has 0 spiro atoms. The topological polar surface area (TPSA) is 70.5 Å². The number of benzene rings is 1. The molecule has 0 amide bonds. The van der Waals surface area contributed by atoms with Gasteiger partial charge in [0.05, 0.1) is 11.4 Å². The molecule has 1 heterocycles. The highest BCUT2D eigenvalue weighted by Gasteiger charge is 2.23. The average molecular weight is 194 g/mol. The van der Waals surface area contributed by atoms with Gasteiger partial charge in [0.1, 0.15) is 12.7 Å². The van der Waals surface area contributed by atoms with Crippen molar-refractivity contribution in [1.29, 1.82) is 0 Å². The lowest BCUT2D eigenvalue weighted by Gasteiger charge is -2.26. The Hall–Kier alpha value is -1.58. The number of hydrogen-bond donors (Lipinski definition) is 2. The third-order valence-corrected chi connectivity index (χ3v) is 2.29. The smallest absolute Gasteiger partial charge is 0.186 e. The van der Waals surface area contributed by atoms with Crippen LogP contribution in [0.15, 0.2) is 6.07 Å². The van der Waals surface area contributed by atoms with Gasteiger partial charge in [-0.2, -0.15) is 0 Å². The van der Waals surface area contributed by atoms with Crippen molar-refractivity contribution < 1.29 is 9.47 Å². The monoisotopic (exact) mass is 194 g/mol. The molecule has 14 heavy (non-hydrogen) atoms. The Labute approximate surface area is 82.8 Å². The molecule has 1 atom stereocenters. The van der Waals surface area contributed by atoms with Crippen molar-refractivity contribution in [3.63, 3.8) is 0 Å². The van der Waals surface area contributed by atoms with Gasteiger partial charge in [-0.15, -0.1) is 0 Å². The molecule has 0 saturated heterocycles. The minimum atomic E-state index is 0.0203. The summed E-state index contributed by atoms with van der Waals surface area (Å²) in [7, 11) is 0. The summed E-state index contributed by atoms with van der Waals surface area (Å²) in [4.78, 5) is 0. The van der Waals surface area contributed by atoms with Crippen molar-refractivity contribution in [2.75, 3.05) is 18.1 Å². The van der Waals surface area contributed by atoms with Gasteiger partial charge < -0.3 is 20.9 Å². The van der Waals surface area contributed by atoms with E-state index in [9.17, 15) is 0 Å². The molecule has 4 heteroatoms. The molecular formula is C10H14N2O2. The molecule has 76 valence electrons. The van der Waals surface area contributed by atoms with Crippen LogP contribution >= 0.6 is 0 Å². The van der Waals surface area contributed by atoms with Crippen molar-refractivity contribution in [2.24, 2.45) is 0 Å². The lowest BCUT2D eigenvalue weighted by atomic mass is 10.1. The molecule has 0 bridgehead atoms. The zero-order valence-corrected chi connectivity index (χ0v) is 8.33. The molecule has 1 aliphatic rings. The summed E-state index contributed by atoms with van der Waals surface area (Å²) in [6, 6.07) is 1.80. The van der Waals surface area contributed by atoms with Gasteiger partial charge >= 0.3 is 0 Å². The Morgan fingerprint density at radius 2 is 2.07 bits per heavy atom. The second-order valence-corrected chi connectivity index (χ2v) is 3.59. The van der Waals surface area contributed by atoms with Crippen LogP contribution in [-0.2, 0) is 0 Å². The van der Waals surface area contributed by atoms with E-state index in [0.717, 1.165) is 5.56 Å². The molecule has 1 aliphatic heterocycles. The highest BCUT2D eigenvalue weighted by Crippen LogP contribution is 2.43. The van der Waals surface area contributed by atoms with Crippen LogP contribution < -0.4 is 20.9 Å². The van der Waals surface area contributed by atoms with E-state index in [2.05, 4.69) is 0 Å². The van der Waals surface area contributed by atoms with Crippen LogP contribution in [-0.4, -0.2) is 12.7 Å². The molecule has 1 aromatic rings. The normalized spacial score (nSPS) is 19.4. The fraction of sp³-hybridized carbons (Fsp3) is 0.400. The van der Waals surface area contributed by atoms with E-state index in [1.165, 1.54) is 0 Å². The van der Waals surface area contributed by atoms with Crippen molar-refractivity contribution in [1.82, 2.24) is 0 Å². The number of ether oxygens (including phenoxy) is 2. The zero-order valence-electron chi connectivity index (χ0n) is 8.33. The maximum absolute atomic E-state index is 5.86. The standard InChI is InChI=1S/C10H14N2O2/c1-5-3-7(11)9-10(8(5)12)13-4-6(2)14-9/h3,6H,4,11-12H2,1-2H3. The highest BCUT2D eigenvalue weighted by molar-refractivity contribution is 5.74. The van der Waals surface area contributed by atoms with Gasteiger partial charge in [0.2, 0.25) is 0 Å². The molecule has 0 aromatic heterocycles. The summed E-state index contributed by atoms with van der Waals surface area (Å²) in [6.45, 7) is 4.34. The molecule has 0 aliphatic carbocycles. The van der Waals surface area contributed by atoms with Gasteiger partial charge in [-0.25, -0.2) is 0 Å². The maximum Gasteiger partial charge on any atom is 0.186 e. The summed E-state index contributed by atoms with van der Waals surface area (Å²) in [5.41, 5.74) is 13.8. The van der Waals surface area contributed by atoms with E-state index in [1.54, 1.807) is 6.07 Å². The first-order valence-electron chi connectivity index (χ1n) is 4.57. The molecule has 0 saturated carbocycles. The number of anilines is 2. The van der Waals surface area contributed by atoms with Gasteiger partial charge in [-0.3, -0.25) is 0 Å². The molecule has 4 nitrogen and oxygen atoms in total. The minimum Gasteiger partial charge on any atom is -0.484 e. The van der Waals surface area contributed by atoms with Gasteiger partial charge in [0.15, 0.2) is 11.5 Å². The van der Waals surface area contributed by atoms with E-state index in [-0.39, 0.29) is 6.10 Å². The zero-order chi connectivity index (χ0) is 10.3. The van der Waals surface area contributed by atoms with E-state index in [1.807, 2.05) is 13.8 Å². The first-order chi connectivity index (χ1) is 6.59. The van der Waals surface area contributed by atoms with Crippen LogP contribution in [0, 0.1) is 6.92 Å². The Kier molecular flexibility index (Phi) is 1.91. The second-order valence-electron chi connectivity index (χ2n) is 3.59. The summed E-state index contributed by atoms with van der Waals surface area (Å²) in [5, 5.41) is 0. The number of nitrogen functional groups attached to an aromatic ring is 2. The second kappa shape index (κ2) is 2.97. The SMILES string of the molecule is Cc1cc(N)c2c(c1N)OCC(C)O2. The number of hydrogen-bond acceptors (Lipinski definition) is 4. The predicted octanol–water partition coefficient (Wildman–Crippen LogP) is 1.32. The average Bonchev–Trinajstić information content (AvgIpc) is 2.14. The summed E-state index contributed by atoms with van der Waals surface area (Å²) < 4.78 is 11.1. The van der Waals surface area contributed by atoms with Crippen LogP contribution in [0.5, 0.6) is 11.5 Å². The Morgan fingerprint density at radius 1 is 1.36 bits per heavy atom. The van der Waals surface area contributed by atoms with Gasteiger partial charge in [0.25, 0.3) is 0 Å². The van der Waals surface area contributed by atoms with Crippen molar-refractivity contribution in [2.45, 2.75) is 20.0 Å². The fourth-order valence-corrected chi connectivity index (χ4v) is 1.51. The van der Waals surface area contributed by atoms with Gasteiger partial charge in [-0.05, 0) is 25.5 Å². The largest absolute Gasteiger partial charge is 0.484 e. The maximum atomic E-state index is 5.86. The third kappa shape index (κ3) is 1.23. The fourth-order valence-electron chi connectivity index (χ4n) is 1.51. The highest BCUT2D eigenvalue weighted by atomic mass is 16.6. The first-order valence-corrected chi connectivity index (χ1v) is 4.57. The molecule has 0 radical (unpaired) electrons. The first kappa shape index (κ1) is 8.99. The Bertz CT molecular complexity index is 377. The summed E-state index contributed by atoms with van der Waals surface area (Å²) >= 11 is 0. The van der Waals surface area contributed by atoms with Gasteiger partial charge in [-0.1, -0.05) is 0 Å². The van der Waals surface area contributed by atoms with Gasteiger partial charge in [0, 0.05) is 0 Å². The lowest BCUT2D eigenvalue weighted by Crippen LogP contribution is -2.27. The third-order valence-electron chi connectivity index (χ3n) is 2.29. The van der Waals surface area contributed by atoms with Crippen molar-refractivity contribution in [3.8, 4) is 11.5 Å². The van der Waals surface area contributed by atoms with E-state index < -0.39 is 0 Å². The predicted molar refractivity (Wildman–Crippen MR) is 55.6 cm³/mol. The van der Waals surface area contributed by atoms with E-state index in [4.69, 9.17) is 20.9 Å². The minimum absolute atomic E-state index is 0.0203.